The third-order valence-electron chi connectivity index (χ3n) is 3.94. The number of quaternary nitrogens is 1. The molecule has 2 rings (SSSR count). The minimum atomic E-state index is -4.74. The summed E-state index contributed by atoms with van der Waals surface area (Å²) in [4.78, 5) is 15.3. The summed E-state index contributed by atoms with van der Waals surface area (Å²) in [5.74, 6) is -0.529. The number of carbonyl (C=O) groups excluding carboxylic acids is 1. The maximum absolute atomic E-state index is 12.1. The molecule has 3 N–H and O–H groups in total. The largest absolute Gasteiger partial charge is 0.573 e. The van der Waals surface area contributed by atoms with E-state index in [4.69, 9.17) is 12.2 Å². The van der Waals surface area contributed by atoms with Crippen LogP contribution in [0.15, 0.2) is 36.9 Å². The van der Waals surface area contributed by atoms with Crippen molar-refractivity contribution in [1.29, 1.82) is 0 Å². The van der Waals surface area contributed by atoms with E-state index in [0.717, 1.165) is 43.2 Å². The smallest absolute Gasteiger partial charge is 0.406 e. The summed E-state index contributed by atoms with van der Waals surface area (Å²) >= 11 is 5.29. The van der Waals surface area contributed by atoms with E-state index >= 15 is 0 Å². The summed E-state index contributed by atoms with van der Waals surface area (Å²) in [6.07, 6.45) is -3.00. The summed E-state index contributed by atoms with van der Waals surface area (Å²) < 4.78 is 40.2. The predicted molar refractivity (Wildman–Crippen MR) is 99.7 cm³/mol. The zero-order valence-corrected chi connectivity index (χ0v) is 15.5. The van der Waals surface area contributed by atoms with E-state index in [0.29, 0.717) is 17.3 Å². The van der Waals surface area contributed by atoms with Crippen molar-refractivity contribution in [2.45, 2.75) is 6.36 Å². The van der Waals surface area contributed by atoms with Crippen molar-refractivity contribution in [3.63, 3.8) is 0 Å². The van der Waals surface area contributed by atoms with Crippen molar-refractivity contribution >= 4 is 28.9 Å². The van der Waals surface area contributed by atoms with Gasteiger partial charge < -0.3 is 25.2 Å². The summed E-state index contributed by atoms with van der Waals surface area (Å²) in [6, 6.07) is 5.06. The fourth-order valence-electron chi connectivity index (χ4n) is 2.65. The van der Waals surface area contributed by atoms with Gasteiger partial charge in [-0.3, -0.25) is 4.79 Å². The first kappa shape index (κ1) is 21.0. The normalized spacial score (nSPS) is 15.1. The third-order valence-corrected chi connectivity index (χ3v) is 4.34. The van der Waals surface area contributed by atoms with Crippen LogP contribution in [-0.4, -0.2) is 61.6 Å². The first-order valence-electron chi connectivity index (χ1n) is 8.40. The zero-order valence-electron chi connectivity index (χ0n) is 14.6. The molecule has 0 spiro atoms. The van der Waals surface area contributed by atoms with E-state index in [-0.39, 0.29) is 18.2 Å². The lowest BCUT2D eigenvalue weighted by atomic mass is 10.3. The lowest BCUT2D eigenvalue weighted by Crippen LogP contribution is -3.15. The lowest BCUT2D eigenvalue weighted by molar-refractivity contribution is -0.895. The van der Waals surface area contributed by atoms with Crippen LogP contribution in [0.4, 0.5) is 18.9 Å². The fourth-order valence-corrected chi connectivity index (χ4v) is 2.91. The van der Waals surface area contributed by atoms with Gasteiger partial charge >= 0.3 is 6.36 Å². The number of hydrogen-bond donors (Lipinski definition) is 3. The number of hydrogen-bond acceptors (Lipinski definition) is 3. The van der Waals surface area contributed by atoms with E-state index < -0.39 is 6.36 Å². The molecule has 10 heteroatoms. The number of alkyl halides is 3. The number of rotatable bonds is 6. The third kappa shape index (κ3) is 7.43. The monoisotopic (exact) mass is 403 g/mol. The van der Waals surface area contributed by atoms with Crippen molar-refractivity contribution in [3.05, 3.63) is 36.9 Å². The first-order valence-corrected chi connectivity index (χ1v) is 8.80. The molecule has 0 atom stereocenters. The van der Waals surface area contributed by atoms with Gasteiger partial charge in [0.25, 0.3) is 5.91 Å². The van der Waals surface area contributed by atoms with E-state index in [9.17, 15) is 18.0 Å². The molecular weight excluding hydrogens is 381 g/mol. The molecule has 27 heavy (non-hydrogen) atoms. The Morgan fingerprint density at radius 3 is 2.48 bits per heavy atom. The zero-order chi connectivity index (χ0) is 19.9. The number of ether oxygens (including phenoxy) is 1. The number of anilines is 1. The van der Waals surface area contributed by atoms with E-state index in [1.807, 2.05) is 0 Å². The number of nitrogens with zero attached hydrogens (tertiary/aromatic N) is 1. The number of halogens is 3. The van der Waals surface area contributed by atoms with Gasteiger partial charge in [0.05, 0.1) is 26.2 Å². The van der Waals surface area contributed by atoms with Crippen molar-refractivity contribution in [1.82, 2.24) is 10.2 Å². The molecule has 1 amide bonds. The first-order chi connectivity index (χ1) is 12.8. The number of nitrogens with one attached hydrogen (secondary N) is 3. The average Bonchev–Trinajstić information content (AvgIpc) is 2.60. The number of carbonyl (C=O) groups is 1. The summed E-state index contributed by atoms with van der Waals surface area (Å²) in [5.41, 5.74) is 0.419. The second kappa shape index (κ2) is 9.56. The Labute approximate surface area is 161 Å². The van der Waals surface area contributed by atoms with E-state index in [1.165, 1.54) is 12.1 Å². The highest BCUT2D eigenvalue weighted by Gasteiger charge is 2.31. The molecule has 1 aliphatic heterocycles. The predicted octanol–water partition coefficient (Wildman–Crippen LogP) is 0.785. The SMILES string of the molecule is C=CCNC(=S)N1CC[NH+](CC(=O)Nc2ccc(OC(F)(F)F)cc2)CC1. The molecule has 1 aromatic rings. The van der Waals surface area contributed by atoms with Gasteiger partial charge in [-0.05, 0) is 36.5 Å². The van der Waals surface area contributed by atoms with Crippen LogP contribution in [0, 0.1) is 0 Å². The van der Waals surface area contributed by atoms with Crippen LogP contribution in [0.25, 0.3) is 0 Å². The Bertz CT molecular complexity index is 659. The summed E-state index contributed by atoms with van der Waals surface area (Å²) in [7, 11) is 0. The van der Waals surface area contributed by atoms with Gasteiger partial charge in [-0.2, -0.15) is 0 Å². The number of amides is 1. The highest BCUT2D eigenvalue weighted by Crippen LogP contribution is 2.23. The second-order valence-electron chi connectivity index (χ2n) is 6.01. The molecule has 148 valence electrons. The van der Waals surface area contributed by atoms with Crippen LogP contribution in [0.1, 0.15) is 0 Å². The van der Waals surface area contributed by atoms with Gasteiger partial charge in [-0.1, -0.05) is 6.08 Å². The van der Waals surface area contributed by atoms with Gasteiger partial charge in [-0.15, -0.1) is 19.8 Å². The molecule has 0 bridgehead atoms. The summed E-state index contributed by atoms with van der Waals surface area (Å²) in [6.45, 7) is 7.54. The van der Waals surface area contributed by atoms with Crippen LogP contribution < -0.4 is 20.3 Å². The molecule has 0 aliphatic carbocycles. The van der Waals surface area contributed by atoms with Crippen LogP contribution >= 0.6 is 12.2 Å². The molecule has 1 aromatic carbocycles. The minimum absolute atomic E-state index is 0.199. The Kier molecular flexibility index (Phi) is 7.43. The van der Waals surface area contributed by atoms with E-state index in [1.54, 1.807) is 6.08 Å². The quantitative estimate of drug-likeness (QED) is 0.484. The Morgan fingerprint density at radius 2 is 1.93 bits per heavy atom. The minimum Gasteiger partial charge on any atom is -0.406 e. The van der Waals surface area contributed by atoms with Crippen LogP contribution in [0.5, 0.6) is 5.75 Å². The second-order valence-corrected chi connectivity index (χ2v) is 6.40. The van der Waals surface area contributed by atoms with Gasteiger partial charge in [0.15, 0.2) is 11.7 Å². The van der Waals surface area contributed by atoms with E-state index in [2.05, 4.69) is 26.8 Å². The van der Waals surface area contributed by atoms with Crippen molar-refractivity contribution < 1.29 is 27.6 Å². The van der Waals surface area contributed by atoms with Crippen LogP contribution in [-0.2, 0) is 4.79 Å². The molecule has 1 saturated heterocycles. The number of benzene rings is 1. The van der Waals surface area contributed by atoms with Crippen LogP contribution in [0.3, 0.4) is 0 Å². The number of thiocarbonyl (C=S) groups is 1. The highest BCUT2D eigenvalue weighted by molar-refractivity contribution is 7.80. The standard InChI is InChI=1S/C17H21F3N4O2S/c1-2-7-21-16(27)24-10-8-23(9-11-24)12-15(25)22-13-3-5-14(6-4-13)26-17(18,19)20/h2-6H,1,7-12H2,(H,21,27)(H,22,25)/p+1. The van der Waals surface area contributed by atoms with Gasteiger partial charge in [0.2, 0.25) is 0 Å². The maximum atomic E-state index is 12.1. The molecule has 0 radical (unpaired) electrons. The average molecular weight is 403 g/mol. The Morgan fingerprint density at radius 1 is 1.30 bits per heavy atom. The summed E-state index contributed by atoms with van der Waals surface area (Å²) in [5, 5.41) is 6.44. The Hall–Kier alpha value is -2.33. The lowest BCUT2D eigenvalue weighted by Gasteiger charge is -2.33. The van der Waals surface area contributed by atoms with Gasteiger partial charge in [0.1, 0.15) is 5.75 Å². The molecular formula is C17H22F3N4O2S+. The molecule has 0 unspecified atom stereocenters. The molecule has 1 heterocycles. The molecule has 0 aromatic heterocycles. The fraction of sp³-hybridized carbons (Fsp3) is 0.412. The topological polar surface area (TPSA) is 58.0 Å². The maximum Gasteiger partial charge on any atom is 0.573 e. The number of piperazine rings is 1. The van der Waals surface area contributed by atoms with Crippen molar-refractivity contribution in [3.8, 4) is 5.75 Å². The van der Waals surface area contributed by atoms with Crippen LogP contribution in [0.2, 0.25) is 0 Å². The highest BCUT2D eigenvalue weighted by atomic mass is 32.1. The van der Waals surface area contributed by atoms with Gasteiger partial charge in [0, 0.05) is 12.2 Å². The molecule has 6 nitrogen and oxygen atoms in total. The van der Waals surface area contributed by atoms with Crippen molar-refractivity contribution in [2.24, 2.45) is 0 Å². The molecule has 1 aliphatic rings. The molecule has 0 saturated carbocycles. The molecule has 1 fully saturated rings. The van der Waals surface area contributed by atoms with Crippen molar-refractivity contribution in [2.75, 3.05) is 44.6 Å². The van der Waals surface area contributed by atoms with Gasteiger partial charge in [-0.25, -0.2) is 0 Å². The Balaban J connectivity index is 1.75.